The molecule has 1 heterocycles. The Kier molecular flexibility index (Phi) is 5.15. The van der Waals surface area contributed by atoms with Crippen molar-refractivity contribution in [2.45, 2.75) is 13.5 Å². The fourth-order valence-electron chi connectivity index (χ4n) is 2.05. The standard InChI is InChI=1S/C15H21N3O2/c1-12-10-18(15(17-12)16-7-8-19-2)14-6-4-5-13(9-14)11-20-3/h4-6,9-10H,7-8,11H2,1-3H3,(H,16,17). The van der Waals surface area contributed by atoms with E-state index in [1.165, 1.54) is 0 Å². The number of rotatable bonds is 7. The van der Waals surface area contributed by atoms with Crippen molar-refractivity contribution in [2.75, 3.05) is 32.7 Å². The van der Waals surface area contributed by atoms with Crippen LogP contribution in [-0.2, 0) is 16.1 Å². The van der Waals surface area contributed by atoms with Gasteiger partial charge in [0.05, 0.1) is 18.9 Å². The fraction of sp³-hybridized carbons (Fsp3) is 0.400. The van der Waals surface area contributed by atoms with Gasteiger partial charge < -0.3 is 14.8 Å². The number of nitrogens with zero attached hydrogens (tertiary/aromatic N) is 2. The number of imidazole rings is 1. The molecule has 1 N–H and O–H groups in total. The van der Waals surface area contributed by atoms with Gasteiger partial charge in [0.2, 0.25) is 5.95 Å². The van der Waals surface area contributed by atoms with Crippen LogP contribution in [0.1, 0.15) is 11.3 Å². The van der Waals surface area contributed by atoms with E-state index in [1.54, 1.807) is 14.2 Å². The van der Waals surface area contributed by atoms with Crippen molar-refractivity contribution in [1.82, 2.24) is 9.55 Å². The van der Waals surface area contributed by atoms with Crippen molar-refractivity contribution in [1.29, 1.82) is 0 Å². The zero-order chi connectivity index (χ0) is 14.4. The Morgan fingerprint density at radius 1 is 1.25 bits per heavy atom. The van der Waals surface area contributed by atoms with Gasteiger partial charge in [-0.3, -0.25) is 4.57 Å². The molecule has 0 saturated heterocycles. The van der Waals surface area contributed by atoms with Gasteiger partial charge in [-0.2, -0.15) is 0 Å². The number of hydrogen-bond acceptors (Lipinski definition) is 4. The van der Waals surface area contributed by atoms with E-state index in [0.717, 1.165) is 29.4 Å². The van der Waals surface area contributed by atoms with E-state index < -0.39 is 0 Å². The molecule has 0 saturated carbocycles. The lowest BCUT2D eigenvalue weighted by molar-refractivity contribution is 0.185. The van der Waals surface area contributed by atoms with Gasteiger partial charge >= 0.3 is 0 Å². The van der Waals surface area contributed by atoms with Crippen LogP contribution < -0.4 is 5.32 Å². The van der Waals surface area contributed by atoms with Crippen LogP contribution in [0.25, 0.3) is 5.69 Å². The lowest BCUT2D eigenvalue weighted by Crippen LogP contribution is -2.11. The molecule has 0 unspecified atom stereocenters. The Balaban J connectivity index is 2.24. The summed E-state index contributed by atoms with van der Waals surface area (Å²) in [6, 6.07) is 8.24. The summed E-state index contributed by atoms with van der Waals surface area (Å²) in [4.78, 5) is 4.50. The molecule has 0 amide bonds. The highest BCUT2D eigenvalue weighted by Crippen LogP contribution is 2.18. The first-order valence-electron chi connectivity index (χ1n) is 6.61. The Labute approximate surface area is 119 Å². The molecule has 0 atom stereocenters. The lowest BCUT2D eigenvalue weighted by Gasteiger charge is -2.10. The van der Waals surface area contributed by atoms with Crippen LogP contribution in [0.5, 0.6) is 0 Å². The first kappa shape index (κ1) is 14.6. The summed E-state index contributed by atoms with van der Waals surface area (Å²) in [7, 11) is 3.39. The highest BCUT2D eigenvalue weighted by molar-refractivity contribution is 5.44. The van der Waals surface area contributed by atoms with Crippen molar-refractivity contribution >= 4 is 5.95 Å². The number of aromatic nitrogens is 2. The summed E-state index contributed by atoms with van der Waals surface area (Å²) in [5, 5.41) is 3.28. The monoisotopic (exact) mass is 275 g/mol. The molecule has 0 aliphatic heterocycles. The van der Waals surface area contributed by atoms with Gasteiger partial charge in [-0.25, -0.2) is 4.98 Å². The topological polar surface area (TPSA) is 48.3 Å². The summed E-state index contributed by atoms with van der Waals surface area (Å²) in [6.45, 7) is 3.96. The van der Waals surface area contributed by atoms with Gasteiger partial charge in [0.25, 0.3) is 0 Å². The number of nitrogens with one attached hydrogen (secondary N) is 1. The van der Waals surface area contributed by atoms with Crippen LogP contribution in [-0.4, -0.2) is 36.9 Å². The molecule has 1 aromatic carbocycles. The average Bonchev–Trinajstić information content (AvgIpc) is 2.81. The first-order valence-corrected chi connectivity index (χ1v) is 6.61. The summed E-state index contributed by atoms with van der Waals surface area (Å²) < 4.78 is 12.3. The third kappa shape index (κ3) is 3.59. The smallest absolute Gasteiger partial charge is 0.207 e. The third-order valence-corrected chi connectivity index (χ3v) is 2.92. The number of benzene rings is 1. The quantitative estimate of drug-likeness (QED) is 0.788. The minimum absolute atomic E-state index is 0.605. The van der Waals surface area contributed by atoms with Gasteiger partial charge in [0.1, 0.15) is 0 Å². The molecule has 0 spiro atoms. The molecule has 0 aliphatic carbocycles. The molecular formula is C15H21N3O2. The van der Waals surface area contributed by atoms with Crippen LogP contribution in [0.3, 0.4) is 0 Å². The number of ether oxygens (including phenoxy) is 2. The summed E-state index contributed by atoms with van der Waals surface area (Å²) in [6.07, 6.45) is 2.01. The molecule has 1 aromatic heterocycles. The number of methoxy groups -OCH3 is 2. The Morgan fingerprint density at radius 2 is 2.10 bits per heavy atom. The molecule has 0 aliphatic rings. The molecule has 2 aromatic rings. The van der Waals surface area contributed by atoms with Gasteiger partial charge in [-0.1, -0.05) is 12.1 Å². The van der Waals surface area contributed by atoms with Gasteiger partial charge in [-0.05, 0) is 24.6 Å². The predicted molar refractivity (Wildman–Crippen MR) is 79.4 cm³/mol. The molecule has 20 heavy (non-hydrogen) atoms. The molecule has 0 bridgehead atoms. The van der Waals surface area contributed by atoms with Gasteiger partial charge in [0, 0.05) is 32.6 Å². The van der Waals surface area contributed by atoms with E-state index in [-0.39, 0.29) is 0 Å². The fourth-order valence-corrected chi connectivity index (χ4v) is 2.05. The van der Waals surface area contributed by atoms with Crippen molar-refractivity contribution in [3.63, 3.8) is 0 Å². The van der Waals surface area contributed by atoms with Crippen molar-refractivity contribution in [2.24, 2.45) is 0 Å². The van der Waals surface area contributed by atoms with Gasteiger partial charge in [0.15, 0.2) is 0 Å². The summed E-state index contributed by atoms with van der Waals surface area (Å²) in [5.74, 6) is 0.828. The normalized spacial score (nSPS) is 10.8. The van der Waals surface area contributed by atoms with Crippen LogP contribution in [0.15, 0.2) is 30.5 Å². The second-order valence-electron chi connectivity index (χ2n) is 4.60. The SMILES string of the molecule is COCCNc1nc(C)cn1-c1cccc(COC)c1. The Hall–Kier alpha value is -1.85. The van der Waals surface area contributed by atoms with Crippen molar-refractivity contribution < 1.29 is 9.47 Å². The zero-order valence-electron chi connectivity index (χ0n) is 12.2. The van der Waals surface area contributed by atoms with E-state index >= 15 is 0 Å². The molecule has 108 valence electrons. The van der Waals surface area contributed by atoms with Crippen LogP contribution >= 0.6 is 0 Å². The van der Waals surface area contributed by atoms with E-state index in [4.69, 9.17) is 9.47 Å². The van der Waals surface area contributed by atoms with Crippen LogP contribution in [0.4, 0.5) is 5.95 Å². The van der Waals surface area contributed by atoms with E-state index in [1.807, 2.05) is 23.8 Å². The molecular weight excluding hydrogens is 254 g/mol. The van der Waals surface area contributed by atoms with Crippen molar-refractivity contribution in [3.05, 3.63) is 41.7 Å². The second-order valence-corrected chi connectivity index (χ2v) is 4.60. The van der Waals surface area contributed by atoms with Crippen LogP contribution in [0.2, 0.25) is 0 Å². The molecule has 5 nitrogen and oxygen atoms in total. The lowest BCUT2D eigenvalue weighted by atomic mass is 10.2. The Morgan fingerprint density at radius 3 is 2.85 bits per heavy atom. The summed E-state index contributed by atoms with van der Waals surface area (Å²) in [5.41, 5.74) is 3.18. The maximum atomic E-state index is 5.18. The number of anilines is 1. The highest BCUT2D eigenvalue weighted by Gasteiger charge is 2.07. The highest BCUT2D eigenvalue weighted by atomic mass is 16.5. The van der Waals surface area contributed by atoms with Crippen LogP contribution in [0, 0.1) is 6.92 Å². The third-order valence-electron chi connectivity index (χ3n) is 2.92. The zero-order valence-corrected chi connectivity index (χ0v) is 12.2. The average molecular weight is 275 g/mol. The summed E-state index contributed by atoms with van der Waals surface area (Å²) >= 11 is 0. The minimum Gasteiger partial charge on any atom is -0.383 e. The maximum absolute atomic E-state index is 5.18. The molecule has 5 heteroatoms. The van der Waals surface area contributed by atoms with Crippen molar-refractivity contribution in [3.8, 4) is 5.69 Å². The maximum Gasteiger partial charge on any atom is 0.207 e. The second kappa shape index (κ2) is 7.07. The number of aryl methyl sites for hydroxylation is 1. The van der Waals surface area contributed by atoms with E-state index in [2.05, 4.69) is 28.5 Å². The number of hydrogen-bond donors (Lipinski definition) is 1. The molecule has 0 fully saturated rings. The predicted octanol–water partition coefficient (Wildman–Crippen LogP) is 2.39. The minimum atomic E-state index is 0.605. The largest absolute Gasteiger partial charge is 0.383 e. The van der Waals surface area contributed by atoms with E-state index in [0.29, 0.717) is 13.2 Å². The van der Waals surface area contributed by atoms with E-state index in [9.17, 15) is 0 Å². The molecule has 0 radical (unpaired) electrons. The van der Waals surface area contributed by atoms with Gasteiger partial charge in [-0.15, -0.1) is 0 Å². The molecule has 2 rings (SSSR count). The Bertz CT molecular complexity index is 552. The first-order chi connectivity index (χ1) is 9.74.